The number of rotatable bonds is 35. The molecule has 0 spiro atoms. The number of amides is 1. The first-order valence-electron chi connectivity index (χ1n) is 34.3. The lowest BCUT2D eigenvalue weighted by Gasteiger charge is -2.43. The molecule has 24 heteroatoms. The van der Waals surface area contributed by atoms with E-state index in [9.17, 15) is 39.3 Å². The van der Waals surface area contributed by atoms with Crippen LogP contribution in [0, 0.1) is 35.5 Å². The molecule has 94 heavy (non-hydrogen) atoms. The van der Waals surface area contributed by atoms with Gasteiger partial charge in [0.05, 0.1) is 157 Å². The average molecular weight is 1340 g/mol. The number of hydrogen-bond donors (Lipinski definition) is 4. The monoisotopic (exact) mass is 1340 g/mol. The van der Waals surface area contributed by atoms with E-state index < -0.39 is 83.9 Å². The van der Waals surface area contributed by atoms with Crippen molar-refractivity contribution in [1.29, 1.82) is 0 Å². The average Bonchev–Trinajstić information content (AvgIpc) is 0.778. The van der Waals surface area contributed by atoms with Gasteiger partial charge < -0.3 is 91.6 Å². The van der Waals surface area contributed by atoms with Crippen LogP contribution in [0.15, 0.2) is 47.6 Å². The minimum absolute atomic E-state index is 0.00329. The molecule has 2 saturated heterocycles. The summed E-state index contributed by atoms with van der Waals surface area (Å²) in [6, 6.07) is -1.19. The summed E-state index contributed by atoms with van der Waals surface area (Å²) in [7, 11) is 2.93. The van der Waals surface area contributed by atoms with Gasteiger partial charge in [-0.15, -0.1) is 0 Å². The Kier molecular flexibility index (Phi) is 41.6. The molecule has 1 amide bonds. The lowest BCUT2D eigenvalue weighted by atomic mass is 9.78. The molecule has 15 atom stereocenters. The molecule has 4 aliphatic rings. The van der Waals surface area contributed by atoms with Gasteiger partial charge in [0.15, 0.2) is 5.78 Å². The van der Waals surface area contributed by atoms with E-state index in [-0.39, 0.29) is 81.1 Å². The molecule has 2 bridgehead atoms. The third kappa shape index (κ3) is 30.1. The largest absolute Gasteiger partial charge is 0.460 e. The SMILES string of the molecule is CO[C@@H]1C[C@H](C[C@@H](C)[C@@H]2CC(=O)[C@H](C)/C=C(\C)[C@@H](O)[C@@H](OC)C(=O)[C@H](C)C[C@H](C)/C=C/C=C/C=C(\C)C(OCCOCCOCCOCCOCCOCCOCCOCCOCCOCCO)C[C@@H]3CC[C@@H](C)[C@@](O)(O3)C(=O)C(=O)N3CCCC[C@H]3C(=O)O2)CC[C@H]1O. The van der Waals surface area contributed by atoms with Crippen LogP contribution in [-0.4, -0.2) is 262 Å². The second-order valence-electron chi connectivity index (χ2n) is 25.5. The number of piperidine rings is 1. The number of Topliss-reactive ketones (excluding diaryl/α,β-unsaturated/α-hetero) is 3. The maximum atomic E-state index is 14.6. The van der Waals surface area contributed by atoms with Gasteiger partial charge in [-0.25, -0.2) is 4.79 Å². The highest BCUT2D eigenvalue weighted by Gasteiger charge is 2.53. The van der Waals surface area contributed by atoms with Crippen molar-refractivity contribution in [3.8, 4) is 0 Å². The van der Waals surface area contributed by atoms with Gasteiger partial charge in [0.2, 0.25) is 5.79 Å². The van der Waals surface area contributed by atoms with Crippen molar-refractivity contribution < 1.29 is 111 Å². The summed E-state index contributed by atoms with van der Waals surface area (Å²) in [4.78, 5) is 73.1. The number of cyclic esters (lactones) is 1. The fourth-order valence-corrected chi connectivity index (χ4v) is 12.2. The maximum Gasteiger partial charge on any atom is 0.329 e. The van der Waals surface area contributed by atoms with Gasteiger partial charge in [0, 0.05) is 51.4 Å². The number of aliphatic hydroxyl groups excluding tert-OH is 3. The van der Waals surface area contributed by atoms with Gasteiger partial charge in [-0.05, 0) is 107 Å². The van der Waals surface area contributed by atoms with Crippen molar-refractivity contribution in [3.63, 3.8) is 0 Å². The van der Waals surface area contributed by atoms with Gasteiger partial charge in [0.1, 0.15) is 30.1 Å². The molecular formula is C70H117NO23. The van der Waals surface area contributed by atoms with E-state index >= 15 is 0 Å². The molecule has 0 radical (unpaired) electrons. The molecular weight excluding hydrogens is 1220 g/mol. The fourth-order valence-electron chi connectivity index (χ4n) is 12.2. The Hall–Kier alpha value is -3.77. The Morgan fingerprint density at radius 2 is 1.19 bits per heavy atom. The Labute approximate surface area is 558 Å². The fraction of sp³-hybridized carbons (Fsp3) is 0.814. The zero-order chi connectivity index (χ0) is 68.7. The van der Waals surface area contributed by atoms with Crippen molar-refractivity contribution in [2.24, 2.45) is 35.5 Å². The summed E-state index contributed by atoms with van der Waals surface area (Å²) in [6.45, 7) is 20.1. The minimum atomic E-state index is -2.52. The van der Waals surface area contributed by atoms with Crippen LogP contribution in [0.2, 0.25) is 0 Å². The maximum absolute atomic E-state index is 14.6. The molecule has 3 heterocycles. The van der Waals surface area contributed by atoms with E-state index in [1.54, 1.807) is 40.9 Å². The zero-order valence-electron chi connectivity index (χ0n) is 57.9. The molecule has 1 unspecified atom stereocenters. The van der Waals surface area contributed by atoms with E-state index in [1.165, 1.54) is 12.0 Å². The van der Waals surface area contributed by atoms with Gasteiger partial charge in [-0.2, -0.15) is 0 Å². The predicted molar refractivity (Wildman–Crippen MR) is 349 cm³/mol. The molecule has 4 rings (SSSR count). The van der Waals surface area contributed by atoms with E-state index in [4.69, 9.17) is 71.4 Å². The molecule has 4 N–H and O–H groups in total. The molecule has 0 aromatic heterocycles. The number of carbonyl (C=O) groups is 5. The summed E-state index contributed by atoms with van der Waals surface area (Å²) < 4.78 is 80.1. The summed E-state index contributed by atoms with van der Waals surface area (Å²) in [5.74, 6) is -8.45. The Bertz CT molecular complexity index is 2280. The number of methoxy groups -OCH3 is 2. The summed E-state index contributed by atoms with van der Waals surface area (Å²) in [5.41, 5.74) is 1.18. The van der Waals surface area contributed by atoms with Crippen LogP contribution in [0.5, 0.6) is 0 Å². The Balaban J connectivity index is 1.36. The summed E-state index contributed by atoms with van der Waals surface area (Å²) in [6.07, 6.45) is 10.2. The highest BCUT2D eigenvalue weighted by Crippen LogP contribution is 2.38. The number of carbonyl (C=O) groups excluding carboxylic acids is 5. The molecule has 24 nitrogen and oxygen atoms in total. The number of hydrogen-bond acceptors (Lipinski definition) is 23. The third-order valence-electron chi connectivity index (χ3n) is 18.0. The molecule has 3 aliphatic heterocycles. The standard InChI is InChI=1S/C70H117NO23/c1-49-15-11-10-12-16-50(2)61(92-42-41-91-40-39-90-38-37-89-36-35-88-34-33-87-32-31-86-30-29-85-28-27-84-26-25-83-24-23-72)47-57-20-18-55(7)70(80,94-57)67(77)68(78)71-22-14-13-17-58(71)69(79)93-62(52(4)45-56-19-21-59(73)63(46-56)81-8)48-60(74)51(3)44-54(6)65(76)66(82-9)64(75)53(5)43-49/h10-12,15-16,44,49,51-53,55-59,61-63,65-66,72-73,76,80H,13-14,17-43,45-48H2,1-9H3/b12-10+,15-11+,50-16+,54-44+/t49-,51-,52-,53-,55-,56+,57+,58+,59-,61?,62+,63-,65-,66+,70-/m1/s1. The number of aliphatic hydroxyl groups is 4. The van der Waals surface area contributed by atoms with Crippen LogP contribution in [-0.2, 0) is 90.3 Å². The number of allylic oxidation sites excluding steroid dienone is 6. The van der Waals surface area contributed by atoms with E-state index in [0.29, 0.717) is 176 Å². The van der Waals surface area contributed by atoms with Crippen molar-refractivity contribution in [1.82, 2.24) is 4.90 Å². The Morgan fingerprint density at radius 1 is 0.638 bits per heavy atom. The number of ketones is 3. The zero-order valence-corrected chi connectivity index (χ0v) is 57.9. The lowest BCUT2D eigenvalue weighted by molar-refractivity contribution is -0.266. The van der Waals surface area contributed by atoms with Crippen LogP contribution < -0.4 is 0 Å². The minimum Gasteiger partial charge on any atom is -0.460 e. The van der Waals surface area contributed by atoms with Crippen LogP contribution in [0.4, 0.5) is 0 Å². The molecule has 1 aliphatic carbocycles. The first-order valence-corrected chi connectivity index (χ1v) is 34.3. The molecule has 1 saturated carbocycles. The van der Waals surface area contributed by atoms with Crippen molar-refractivity contribution in [2.45, 2.75) is 180 Å². The topological polar surface area (TPSA) is 299 Å². The Morgan fingerprint density at radius 3 is 1.73 bits per heavy atom. The summed E-state index contributed by atoms with van der Waals surface area (Å²) in [5, 5.41) is 43.1. The molecule has 0 aromatic carbocycles. The quantitative estimate of drug-likeness (QED) is 0.0256. The van der Waals surface area contributed by atoms with Crippen molar-refractivity contribution >= 4 is 29.2 Å². The van der Waals surface area contributed by atoms with E-state index in [0.717, 1.165) is 5.57 Å². The predicted octanol–water partition coefficient (Wildman–Crippen LogP) is 5.69. The van der Waals surface area contributed by atoms with Crippen LogP contribution in [0.3, 0.4) is 0 Å². The van der Waals surface area contributed by atoms with Gasteiger partial charge >= 0.3 is 5.97 Å². The van der Waals surface area contributed by atoms with Crippen molar-refractivity contribution in [2.75, 3.05) is 153 Å². The number of fused-ring (bicyclic) bond motifs is 3. The van der Waals surface area contributed by atoms with Crippen LogP contribution >= 0.6 is 0 Å². The van der Waals surface area contributed by atoms with Gasteiger partial charge in [-0.1, -0.05) is 71.1 Å². The molecule has 3 fully saturated rings. The second kappa shape index (κ2) is 47.3. The number of ether oxygens (including phenoxy) is 14. The smallest absolute Gasteiger partial charge is 0.329 e. The van der Waals surface area contributed by atoms with Crippen molar-refractivity contribution in [3.05, 3.63) is 47.6 Å². The normalized spacial score (nSPS) is 31.6. The second-order valence-corrected chi connectivity index (χ2v) is 25.5. The number of nitrogens with zero attached hydrogens (tertiary/aromatic N) is 1. The first-order chi connectivity index (χ1) is 45.2. The molecule has 0 aromatic rings. The van der Waals surface area contributed by atoms with Gasteiger partial charge in [-0.3, -0.25) is 19.2 Å². The van der Waals surface area contributed by atoms with Crippen LogP contribution in [0.25, 0.3) is 0 Å². The van der Waals surface area contributed by atoms with E-state index in [2.05, 4.69) is 0 Å². The summed E-state index contributed by atoms with van der Waals surface area (Å²) >= 11 is 0. The van der Waals surface area contributed by atoms with Crippen LogP contribution in [0.1, 0.15) is 126 Å². The first kappa shape index (κ1) is 82.7. The van der Waals surface area contributed by atoms with E-state index in [1.807, 2.05) is 51.2 Å². The highest BCUT2D eigenvalue weighted by molar-refractivity contribution is 6.39. The van der Waals surface area contributed by atoms with Gasteiger partial charge in [0.25, 0.3) is 11.7 Å². The lowest BCUT2D eigenvalue weighted by Crippen LogP contribution is -2.61. The number of esters is 1. The third-order valence-corrected chi connectivity index (χ3v) is 18.0. The highest BCUT2D eigenvalue weighted by atomic mass is 16.6. The molecule has 540 valence electrons.